The number of aliphatic carboxylic acids is 1. The first-order chi connectivity index (χ1) is 22.2. The van der Waals surface area contributed by atoms with Crippen molar-refractivity contribution in [2.24, 2.45) is 0 Å². The third-order valence-electron chi connectivity index (χ3n) is 6.90. The van der Waals surface area contributed by atoms with E-state index >= 15 is 0 Å². The molecule has 15 heteroatoms. The van der Waals surface area contributed by atoms with E-state index in [1.165, 1.54) is 29.2 Å². The van der Waals surface area contributed by atoms with Crippen molar-refractivity contribution in [1.29, 1.82) is 0 Å². The van der Waals surface area contributed by atoms with Gasteiger partial charge in [0.25, 0.3) is 11.7 Å². The van der Waals surface area contributed by atoms with Gasteiger partial charge < -0.3 is 35.4 Å². The van der Waals surface area contributed by atoms with Gasteiger partial charge in [-0.15, -0.1) is 0 Å². The third-order valence-corrected chi connectivity index (χ3v) is 7.69. The molecular weight excluding hydrogens is 624 g/mol. The van der Waals surface area contributed by atoms with Gasteiger partial charge in [0.15, 0.2) is 0 Å². The van der Waals surface area contributed by atoms with Gasteiger partial charge in [-0.2, -0.15) is 8.78 Å². The number of nitrogens with one attached hydrogen (secondary N) is 3. The molecule has 46 heavy (non-hydrogen) atoms. The number of pyridine rings is 1. The van der Waals surface area contributed by atoms with Gasteiger partial charge in [0.2, 0.25) is 5.91 Å². The molecule has 0 saturated carbocycles. The average Bonchev–Trinajstić information content (AvgIpc) is 3.47. The summed E-state index contributed by atoms with van der Waals surface area (Å²) in [6.45, 7) is -0.330. The molecule has 1 fully saturated rings. The van der Waals surface area contributed by atoms with Crippen molar-refractivity contribution in [1.82, 2.24) is 20.5 Å². The molecule has 3 atom stereocenters. The predicted octanol–water partition coefficient (Wildman–Crippen LogP) is 3.60. The Balaban J connectivity index is 1.29. The maximum Gasteiger partial charge on any atom is 0.410 e. The second-order valence-corrected chi connectivity index (χ2v) is 11.2. The van der Waals surface area contributed by atoms with Crippen LogP contribution in [0.3, 0.4) is 0 Å². The van der Waals surface area contributed by atoms with Gasteiger partial charge in [-0.3, -0.25) is 9.59 Å². The number of amides is 3. The molecule has 3 aromatic rings. The summed E-state index contributed by atoms with van der Waals surface area (Å²) in [5.74, 6) is -5.11. The molecule has 1 aliphatic heterocycles. The molecule has 4 N–H and O–H groups in total. The summed E-state index contributed by atoms with van der Waals surface area (Å²) in [6.07, 6.45) is 0.960. The number of halogens is 2. The fourth-order valence-corrected chi connectivity index (χ4v) is 5.29. The van der Waals surface area contributed by atoms with Crippen LogP contribution in [0.25, 0.3) is 0 Å². The summed E-state index contributed by atoms with van der Waals surface area (Å²) >= 11 is 0.164. The smallest absolute Gasteiger partial charge is 0.410 e. The first-order valence-electron chi connectivity index (χ1n) is 14.3. The van der Waals surface area contributed by atoms with Crippen LogP contribution in [-0.4, -0.2) is 89.1 Å². The van der Waals surface area contributed by atoms with Crippen molar-refractivity contribution < 1.29 is 42.5 Å². The number of anilines is 1. The van der Waals surface area contributed by atoms with E-state index in [-0.39, 0.29) is 41.4 Å². The zero-order chi connectivity index (χ0) is 32.9. The Hall–Kier alpha value is -4.76. The van der Waals surface area contributed by atoms with Crippen LogP contribution < -0.4 is 16.0 Å². The number of aromatic nitrogens is 1. The fourth-order valence-electron chi connectivity index (χ4n) is 4.65. The van der Waals surface area contributed by atoms with E-state index in [0.29, 0.717) is 18.8 Å². The molecule has 2 heterocycles. The number of hydrogen-bond donors (Lipinski definition) is 4. The SMILES string of the molecule is O=C(CO[C@@H]1C[C@@H](CNc2ccccn2)N(C(=O)OCc2ccccc2)C1)NC[C@H](NC(=O)c1ccccc1SC(F)F)C(=O)O. The van der Waals surface area contributed by atoms with Crippen molar-refractivity contribution in [2.45, 2.75) is 41.9 Å². The van der Waals surface area contributed by atoms with E-state index in [1.54, 1.807) is 18.3 Å². The zero-order valence-electron chi connectivity index (χ0n) is 24.5. The van der Waals surface area contributed by atoms with E-state index in [4.69, 9.17) is 9.47 Å². The van der Waals surface area contributed by atoms with E-state index < -0.39 is 54.9 Å². The molecule has 2 aromatic carbocycles. The second-order valence-electron chi connectivity index (χ2n) is 10.2. The van der Waals surface area contributed by atoms with Gasteiger partial charge in [-0.1, -0.05) is 60.3 Å². The first-order valence-corrected chi connectivity index (χ1v) is 15.2. The number of ether oxygens (including phenoxy) is 2. The number of carboxylic acids is 1. The van der Waals surface area contributed by atoms with Gasteiger partial charge in [-0.25, -0.2) is 14.6 Å². The molecule has 1 aliphatic rings. The standard InChI is InChI=1S/C31H33F2N5O7S/c32-30(33)46-25-11-5-4-10-23(25)28(40)37-24(29(41)42)16-36-27(39)19-44-22-14-21(15-35-26-12-6-7-13-34-26)38(17-22)31(43)45-18-20-8-2-1-3-9-20/h1-13,21-22,24,30H,14-19H2,(H,34,35)(H,36,39)(H,37,40)(H,41,42)/t21-,22+,24-/m0/s1. The lowest BCUT2D eigenvalue weighted by Gasteiger charge is -2.24. The number of likely N-dealkylation sites (tertiary alicyclic amines) is 1. The Morgan fingerprint density at radius 3 is 2.48 bits per heavy atom. The van der Waals surface area contributed by atoms with Crippen molar-refractivity contribution in [2.75, 3.05) is 31.6 Å². The molecule has 12 nitrogen and oxygen atoms in total. The second kappa shape index (κ2) is 17.1. The molecular formula is C31H33F2N5O7S. The number of carboxylic acid groups (broad SMARTS) is 1. The van der Waals surface area contributed by atoms with Crippen LogP contribution in [0.5, 0.6) is 0 Å². The summed E-state index contributed by atoms with van der Waals surface area (Å²) in [6, 6.07) is 18.3. The molecule has 4 rings (SSSR count). The summed E-state index contributed by atoms with van der Waals surface area (Å²) in [5.41, 5.74) is 0.712. The Morgan fingerprint density at radius 2 is 1.76 bits per heavy atom. The van der Waals surface area contributed by atoms with Crippen LogP contribution in [0.1, 0.15) is 22.3 Å². The maximum atomic E-state index is 13.0. The fraction of sp³-hybridized carbons (Fsp3) is 0.323. The Morgan fingerprint density at radius 1 is 1.02 bits per heavy atom. The van der Waals surface area contributed by atoms with E-state index in [0.717, 1.165) is 5.56 Å². The monoisotopic (exact) mass is 657 g/mol. The highest BCUT2D eigenvalue weighted by atomic mass is 32.2. The molecule has 3 amide bonds. The first kappa shape index (κ1) is 34.1. The molecule has 0 radical (unpaired) electrons. The topological polar surface area (TPSA) is 159 Å². The molecule has 244 valence electrons. The highest BCUT2D eigenvalue weighted by Crippen LogP contribution is 2.28. The summed E-state index contributed by atoms with van der Waals surface area (Å²) in [7, 11) is 0. The van der Waals surface area contributed by atoms with Crippen LogP contribution in [0.2, 0.25) is 0 Å². The third kappa shape index (κ3) is 10.4. The lowest BCUT2D eigenvalue weighted by atomic mass is 10.2. The van der Waals surface area contributed by atoms with Gasteiger partial charge in [0.05, 0.1) is 24.3 Å². The van der Waals surface area contributed by atoms with Crippen LogP contribution in [-0.2, 0) is 25.7 Å². The van der Waals surface area contributed by atoms with E-state index in [2.05, 4.69) is 20.9 Å². The van der Waals surface area contributed by atoms with Crippen molar-refractivity contribution in [3.63, 3.8) is 0 Å². The highest BCUT2D eigenvalue weighted by molar-refractivity contribution is 7.99. The Labute approximate surface area is 267 Å². The lowest BCUT2D eigenvalue weighted by Crippen LogP contribution is -2.49. The number of nitrogens with zero attached hydrogens (tertiary/aromatic N) is 2. The molecule has 0 spiro atoms. The lowest BCUT2D eigenvalue weighted by molar-refractivity contribution is -0.139. The molecule has 0 aliphatic carbocycles. The van der Waals surface area contributed by atoms with Crippen molar-refractivity contribution >= 4 is 41.5 Å². The molecule has 0 unspecified atom stereocenters. The number of carbonyl (C=O) groups is 4. The van der Waals surface area contributed by atoms with Crippen LogP contribution in [0.4, 0.5) is 19.4 Å². The summed E-state index contributed by atoms with van der Waals surface area (Å²) in [5, 5.41) is 17.4. The number of alkyl halides is 2. The van der Waals surface area contributed by atoms with Crippen LogP contribution >= 0.6 is 11.8 Å². The van der Waals surface area contributed by atoms with Crippen molar-refractivity contribution in [3.8, 4) is 0 Å². The number of benzene rings is 2. The largest absolute Gasteiger partial charge is 0.480 e. The Bertz CT molecular complexity index is 1470. The van der Waals surface area contributed by atoms with E-state index in [9.17, 15) is 33.1 Å². The van der Waals surface area contributed by atoms with E-state index in [1.807, 2.05) is 36.4 Å². The van der Waals surface area contributed by atoms with Crippen LogP contribution in [0.15, 0.2) is 83.9 Å². The summed E-state index contributed by atoms with van der Waals surface area (Å²) in [4.78, 5) is 55.8. The average molecular weight is 658 g/mol. The van der Waals surface area contributed by atoms with Gasteiger partial charge in [0, 0.05) is 24.2 Å². The highest BCUT2D eigenvalue weighted by Gasteiger charge is 2.37. The van der Waals surface area contributed by atoms with Gasteiger partial charge >= 0.3 is 12.1 Å². The number of hydrogen-bond acceptors (Lipinski definition) is 9. The van der Waals surface area contributed by atoms with Gasteiger partial charge in [0.1, 0.15) is 25.1 Å². The number of carbonyl (C=O) groups excluding carboxylic acids is 3. The Kier molecular flexibility index (Phi) is 12.7. The van der Waals surface area contributed by atoms with Crippen LogP contribution in [0, 0.1) is 0 Å². The number of rotatable bonds is 15. The normalized spacial score (nSPS) is 16.5. The predicted molar refractivity (Wildman–Crippen MR) is 164 cm³/mol. The molecule has 0 bridgehead atoms. The minimum absolute atomic E-state index is 0.0142. The summed E-state index contributed by atoms with van der Waals surface area (Å²) < 4.78 is 37.1. The van der Waals surface area contributed by atoms with Crippen molar-refractivity contribution in [3.05, 3.63) is 90.1 Å². The van der Waals surface area contributed by atoms with Gasteiger partial charge in [-0.05, 0) is 36.2 Å². The minimum Gasteiger partial charge on any atom is -0.480 e. The molecule has 1 saturated heterocycles. The molecule has 1 aromatic heterocycles. The number of thioether (sulfide) groups is 1. The maximum absolute atomic E-state index is 13.0. The zero-order valence-corrected chi connectivity index (χ0v) is 25.3. The minimum atomic E-state index is -2.78. The quantitative estimate of drug-likeness (QED) is 0.178.